The van der Waals surface area contributed by atoms with Crippen LogP contribution in [-0.4, -0.2) is 91.4 Å². The largest absolute Gasteiger partial charge is 0.494 e. The second kappa shape index (κ2) is 14.4. The molecule has 0 unspecified atom stereocenters. The van der Waals surface area contributed by atoms with Crippen molar-refractivity contribution in [3.63, 3.8) is 0 Å². The van der Waals surface area contributed by atoms with Crippen LogP contribution in [-0.2, 0) is 0 Å². The molecular weight excluding hydrogens is 614 g/mol. The summed E-state index contributed by atoms with van der Waals surface area (Å²) in [6.07, 6.45) is 7.24. The van der Waals surface area contributed by atoms with Gasteiger partial charge in [0.25, 0.3) is 5.91 Å². The molecule has 3 aliphatic heterocycles. The van der Waals surface area contributed by atoms with E-state index in [1.807, 2.05) is 44.1 Å². The van der Waals surface area contributed by atoms with E-state index in [1.165, 1.54) is 75.8 Å². The second-order valence-corrected chi connectivity index (χ2v) is 13.5. The Morgan fingerprint density at radius 2 is 1.62 bits per heavy atom. The number of aryl methyl sites for hydroxylation is 1. The van der Waals surface area contributed by atoms with Gasteiger partial charge in [0.05, 0.1) is 43.9 Å². The number of ether oxygens (including phenoxy) is 1. The number of piperazine rings is 3. The topological polar surface area (TPSA) is 79.7 Å². The first-order valence-corrected chi connectivity index (χ1v) is 16.9. The van der Waals surface area contributed by atoms with Gasteiger partial charge in [-0.05, 0) is 68.1 Å². The summed E-state index contributed by atoms with van der Waals surface area (Å²) in [5, 5.41) is 2.70. The summed E-state index contributed by atoms with van der Waals surface area (Å²) in [6.45, 7) is 11.6. The van der Waals surface area contributed by atoms with E-state index in [1.54, 1.807) is 16.7 Å². The van der Waals surface area contributed by atoms with Crippen LogP contribution < -0.4 is 20.4 Å². The van der Waals surface area contributed by atoms with Crippen molar-refractivity contribution in [1.82, 2.24) is 14.5 Å². The predicted octanol–water partition coefficient (Wildman–Crippen LogP) is 5.77. The molecule has 3 fully saturated rings. The average Bonchev–Trinajstić information content (AvgIpc) is 3.06. The lowest BCUT2D eigenvalue weighted by molar-refractivity contribution is -0.941. The lowest BCUT2D eigenvalue weighted by Gasteiger charge is -2.50. The number of hydrogen-bond acceptors (Lipinski definition) is 6. The smallest absolute Gasteiger partial charge is 0.261 e. The van der Waals surface area contributed by atoms with Crippen LogP contribution in [0.3, 0.4) is 0 Å². The van der Waals surface area contributed by atoms with Crippen molar-refractivity contribution in [2.75, 3.05) is 76.7 Å². The van der Waals surface area contributed by atoms with Crippen molar-refractivity contribution in [3.8, 4) is 11.4 Å². The van der Waals surface area contributed by atoms with Gasteiger partial charge < -0.3 is 24.0 Å². The third-order valence-electron chi connectivity index (χ3n) is 9.69. The maximum atomic E-state index is 13.8. The number of fused-ring (bicyclic) bond motifs is 4. The molecule has 7 rings (SSSR count). The summed E-state index contributed by atoms with van der Waals surface area (Å²) in [4.78, 5) is 36.1. The molecule has 2 aromatic carbocycles. The second-order valence-electron chi connectivity index (χ2n) is 13.5. The van der Waals surface area contributed by atoms with Gasteiger partial charge in [-0.1, -0.05) is 12.8 Å². The minimum atomic E-state index is -0.840. The number of nitrogens with zero attached hydrogens (tertiary/aromatic N) is 5. The summed E-state index contributed by atoms with van der Waals surface area (Å²) in [6, 6.07) is 11.8. The van der Waals surface area contributed by atoms with E-state index in [0.717, 1.165) is 30.5 Å². The number of nitrogens with one attached hydrogen (secondary N) is 1. The SMILES string of the molecule is Cc1cc(OCCCCCCC[N+]23CCN(CC2)CC3)cc(-n2cc(C(=O)Nc3cc(F)cc(F)c3)c(=O)c3ccc(N(C)C)nc32)c1. The highest BCUT2D eigenvalue weighted by Crippen LogP contribution is 2.26. The van der Waals surface area contributed by atoms with Gasteiger partial charge in [-0.3, -0.25) is 14.5 Å². The van der Waals surface area contributed by atoms with E-state index in [9.17, 15) is 18.4 Å². The van der Waals surface area contributed by atoms with Crippen LogP contribution in [0.2, 0.25) is 0 Å². The molecule has 3 aliphatic rings. The minimum absolute atomic E-state index is 0.0933. The molecule has 11 heteroatoms. The first-order valence-electron chi connectivity index (χ1n) is 16.9. The molecule has 2 aromatic heterocycles. The summed E-state index contributed by atoms with van der Waals surface area (Å²) in [5.74, 6) is -1.15. The van der Waals surface area contributed by atoms with Crippen molar-refractivity contribution in [2.45, 2.75) is 39.0 Å². The number of quaternary nitrogens is 1. The Kier molecular flexibility index (Phi) is 10.1. The maximum absolute atomic E-state index is 13.8. The summed E-state index contributed by atoms with van der Waals surface area (Å²) in [5.41, 5.74) is 1.14. The Bertz CT molecular complexity index is 1820. The molecule has 0 radical (unpaired) electrons. The molecule has 0 spiro atoms. The van der Waals surface area contributed by atoms with E-state index in [0.29, 0.717) is 35.6 Å². The van der Waals surface area contributed by atoms with Crippen molar-refractivity contribution in [2.24, 2.45) is 0 Å². The van der Waals surface area contributed by atoms with Crippen LogP contribution >= 0.6 is 0 Å². The van der Waals surface area contributed by atoms with Gasteiger partial charge in [0.15, 0.2) is 5.65 Å². The third kappa shape index (κ3) is 7.68. The number of amides is 1. The Morgan fingerprint density at radius 1 is 0.938 bits per heavy atom. The zero-order chi connectivity index (χ0) is 33.8. The molecule has 1 amide bonds. The highest BCUT2D eigenvalue weighted by atomic mass is 19.1. The van der Waals surface area contributed by atoms with Gasteiger partial charge in [0.1, 0.15) is 28.8 Å². The summed E-state index contributed by atoms with van der Waals surface area (Å²) >= 11 is 0. The molecular formula is C37H45F2N6O3+. The number of anilines is 2. The number of hydrogen-bond donors (Lipinski definition) is 1. The van der Waals surface area contributed by atoms with Gasteiger partial charge in [-0.2, -0.15) is 0 Å². The Morgan fingerprint density at radius 3 is 2.33 bits per heavy atom. The molecule has 0 atom stereocenters. The number of pyridine rings is 2. The Labute approximate surface area is 280 Å². The number of carbonyl (C=O) groups excluding carboxylic acids is 1. The molecule has 5 heterocycles. The van der Waals surface area contributed by atoms with Crippen LogP contribution in [0.4, 0.5) is 20.3 Å². The van der Waals surface area contributed by atoms with Crippen LogP contribution in [0, 0.1) is 18.6 Å². The molecule has 0 saturated carbocycles. The number of rotatable bonds is 13. The van der Waals surface area contributed by atoms with E-state index in [-0.39, 0.29) is 16.6 Å². The highest BCUT2D eigenvalue weighted by molar-refractivity contribution is 6.05. The molecule has 2 bridgehead atoms. The fourth-order valence-corrected chi connectivity index (χ4v) is 6.91. The van der Waals surface area contributed by atoms with Gasteiger partial charge in [-0.25, -0.2) is 13.8 Å². The number of aromatic nitrogens is 2. The van der Waals surface area contributed by atoms with Crippen molar-refractivity contribution in [1.29, 1.82) is 0 Å². The molecule has 1 N–H and O–H groups in total. The van der Waals surface area contributed by atoms with Crippen LogP contribution in [0.15, 0.2) is 59.5 Å². The molecule has 254 valence electrons. The standard InChI is InChI=1S/C37H44F2N6O3/c1-26-19-30(24-31(20-26)48-18-8-6-4-5-7-14-45-15-11-43(12-16-45)13-17-45)44-25-33(37(47)40-29-22-27(38)21-28(39)23-29)35(46)32-9-10-34(42(2)3)41-36(32)44/h9-10,19-25H,4-8,11-18H2,1-3H3/p+1. The van der Waals surface area contributed by atoms with Crippen LogP contribution in [0.1, 0.15) is 48.0 Å². The average molecular weight is 660 g/mol. The van der Waals surface area contributed by atoms with E-state index in [4.69, 9.17) is 9.72 Å². The first kappa shape index (κ1) is 33.5. The fourth-order valence-electron chi connectivity index (χ4n) is 6.91. The van der Waals surface area contributed by atoms with Crippen LogP contribution in [0.25, 0.3) is 16.7 Å². The molecule has 0 aliphatic carbocycles. The number of halogens is 2. The van der Waals surface area contributed by atoms with E-state index in [2.05, 4.69) is 10.2 Å². The van der Waals surface area contributed by atoms with Crippen molar-refractivity contribution in [3.05, 3.63) is 87.7 Å². The lowest BCUT2D eigenvalue weighted by Crippen LogP contribution is -2.67. The molecule has 4 aromatic rings. The molecule has 3 saturated heterocycles. The molecule has 9 nitrogen and oxygen atoms in total. The van der Waals surface area contributed by atoms with E-state index >= 15 is 0 Å². The number of unbranched alkanes of at least 4 members (excludes halogenated alkanes) is 4. The van der Waals surface area contributed by atoms with E-state index < -0.39 is 23.0 Å². The number of carbonyl (C=O) groups is 1. The normalized spacial score (nSPS) is 18.6. The van der Waals surface area contributed by atoms with Gasteiger partial charge in [-0.15, -0.1) is 0 Å². The lowest BCUT2D eigenvalue weighted by atomic mass is 10.1. The van der Waals surface area contributed by atoms with Crippen molar-refractivity contribution < 1.29 is 22.8 Å². The van der Waals surface area contributed by atoms with Crippen molar-refractivity contribution >= 4 is 28.4 Å². The Hall–Kier alpha value is -4.35. The zero-order valence-electron chi connectivity index (χ0n) is 28.1. The first-order chi connectivity index (χ1) is 23.1. The molecule has 48 heavy (non-hydrogen) atoms. The van der Waals surface area contributed by atoms with Gasteiger partial charge in [0.2, 0.25) is 5.43 Å². The van der Waals surface area contributed by atoms with Gasteiger partial charge >= 0.3 is 0 Å². The monoisotopic (exact) mass is 659 g/mol. The summed E-state index contributed by atoms with van der Waals surface area (Å²) in [7, 11) is 3.71. The predicted molar refractivity (Wildman–Crippen MR) is 185 cm³/mol. The fraction of sp³-hybridized carbons (Fsp3) is 0.432. The van der Waals surface area contributed by atoms with Crippen LogP contribution in [0.5, 0.6) is 5.75 Å². The minimum Gasteiger partial charge on any atom is -0.494 e. The number of benzene rings is 2. The maximum Gasteiger partial charge on any atom is 0.261 e. The Balaban J connectivity index is 1.16. The van der Waals surface area contributed by atoms with Gasteiger partial charge in [0, 0.05) is 57.7 Å². The highest BCUT2D eigenvalue weighted by Gasteiger charge is 2.37. The quantitative estimate of drug-likeness (QED) is 0.145. The third-order valence-corrected chi connectivity index (χ3v) is 9.69. The summed E-state index contributed by atoms with van der Waals surface area (Å²) < 4.78 is 36.9. The zero-order valence-corrected chi connectivity index (χ0v) is 28.1.